The Labute approximate surface area is 104 Å². The van der Waals surface area contributed by atoms with Crippen molar-refractivity contribution in [1.82, 2.24) is 9.97 Å². The maximum Gasteiger partial charge on any atom is 0.173 e. The van der Waals surface area contributed by atoms with Gasteiger partial charge in [-0.25, -0.2) is 4.98 Å². The minimum atomic E-state index is 0.709. The molecule has 0 bridgehead atoms. The number of furan rings is 1. The topological polar surface area (TPSA) is 51.1 Å². The number of nitrogens with one attached hydrogen (secondary N) is 1. The van der Waals surface area contributed by atoms with Gasteiger partial charge in [0, 0.05) is 5.56 Å². The Morgan fingerprint density at radius 2 is 2.06 bits per heavy atom. The third-order valence-corrected chi connectivity index (χ3v) is 2.73. The van der Waals surface area contributed by atoms with Gasteiger partial charge in [-0.3, -0.25) is 0 Å². The average Bonchev–Trinajstić information content (AvgIpc) is 3.09. The third-order valence-electron chi connectivity index (χ3n) is 2.73. The van der Waals surface area contributed by atoms with Crippen LogP contribution < -0.4 is 4.74 Å². The summed E-state index contributed by atoms with van der Waals surface area (Å²) in [5, 5.41) is 0. The number of methoxy groups -OCH3 is 1. The van der Waals surface area contributed by atoms with E-state index in [9.17, 15) is 0 Å². The molecule has 2 aromatic heterocycles. The normalized spacial score (nSPS) is 10.5. The second-order valence-corrected chi connectivity index (χ2v) is 3.82. The summed E-state index contributed by atoms with van der Waals surface area (Å²) in [6.07, 6.45) is 3.40. The largest absolute Gasteiger partial charge is 0.496 e. The zero-order valence-electron chi connectivity index (χ0n) is 9.88. The first kappa shape index (κ1) is 10.7. The molecule has 3 rings (SSSR count). The molecule has 4 nitrogen and oxygen atoms in total. The van der Waals surface area contributed by atoms with Gasteiger partial charge in [0.1, 0.15) is 5.75 Å². The summed E-state index contributed by atoms with van der Waals surface area (Å²) in [6.45, 7) is 0. The van der Waals surface area contributed by atoms with E-state index in [0.717, 1.165) is 22.8 Å². The molecule has 0 radical (unpaired) electrons. The van der Waals surface area contributed by atoms with Crippen molar-refractivity contribution in [2.75, 3.05) is 7.11 Å². The van der Waals surface area contributed by atoms with Gasteiger partial charge in [0.2, 0.25) is 0 Å². The maximum atomic E-state index is 5.33. The minimum absolute atomic E-state index is 0.709. The van der Waals surface area contributed by atoms with Gasteiger partial charge < -0.3 is 14.1 Å². The second kappa shape index (κ2) is 4.41. The molecule has 4 heteroatoms. The van der Waals surface area contributed by atoms with E-state index in [2.05, 4.69) is 9.97 Å². The van der Waals surface area contributed by atoms with Crippen LogP contribution >= 0.6 is 0 Å². The Kier molecular flexibility index (Phi) is 2.61. The summed E-state index contributed by atoms with van der Waals surface area (Å²) in [5.41, 5.74) is 1.88. The van der Waals surface area contributed by atoms with Gasteiger partial charge in [-0.2, -0.15) is 0 Å². The number of aromatic amines is 1. The predicted molar refractivity (Wildman–Crippen MR) is 68.3 cm³/mol. The van der Waals surface area contributed by atoms with E-state index >= 15 is 0 Å². The fourth-order valence-corrected chi connectivity index (χ4v) is 1.86. The van der Waals surface area contributed by atoms with Crippen LogP contribution in [0.4, 0.5) is 0 Å². The Balaban J connectivity index is 2.03. The highest BCUT2D eigenvalue weighted by atomic mass is 16.5. The summed E-state index contributed by atoms with van der Waals surface area (Å²) >= 11 is 0. The molecule has 0 saturated heterocycles. The van der Waals surface area contributed by atoms with Crippen LogP contribution in [0.25, 0.3) is 22.8 Å². The van der Waals surface area contributed by atoms with Crippen molar-refractivity contribution in [3.63, 3.8) is 0 Å². The molecule has 0 fully saturated rings. The van der Waals surface area contributed by atoms with E-state index in [1.165, 1.54) is 0 Å². The number of para-hydroxylation sites is 1. The van der Waals surface area contributed by atoms with Gasteiger partial charge in [-0.1, -0.05) is 12.1 Å². The molecule has 0 atom stereocenters. The van der Waals surface area contributed by atoms with Crippen molar-refractivity contribution >= 4 is 0 Å². The van der Waals surface area contributed by atoms with Crippen molar-refractivity contribution in [2.24, 2.45) is 0 Å². The Bertz CT molecular complexity index is 641. The van der Waals surface area contributed by atoms with Gasteiger partial charge in [-0.05, 0) is 24.3 Å². The van der Waals surface area contributed by atoms with Crippen LogP contribution in [0.15, 0.2) is 53.3 Å². The number of hydrogen-bond acceptors (Lipinski definition) is 3. The molecule has 1 aromatic carbocycles. The van der Waals surface area contributed by atoms with Gasteiger partial charge >= 0.3 is 0 Å². The Morgan fingerprint density at radius 3 is 2.83 bits per heavy atom. The number of nitrogens with zero attached hydrogens (tertiary/aromatic N) is 1. The SMILES string of the molecule is COc1ccccc1-c1cnc(-c2ccco2)[nH]1. The van der Waals surface area contributed by atoms with E-state index in [1.54, 1.807) is 19.6 Å². The molecule has 0 spiro atoms. The van der Waals surface area contributed by atoms with Crippen molar-refractivity contribution < 1.29 is 9.15 Å². The maximum absolute atomic E-state index is 5.33. The number of hydrogen-bond donors (Lipinski definition) is 1. The first-order valence-corrected chi connectivity index (χ1v) is 5.61. The standard InChI is InChI=1S/C14H12N2O2/c1-17-12-6-3-2-5-10(12)11-9-15-14(16-11)13-7-4-8-18-13/h2-9H,1H3,(H,15,16). The van der Waals surface area contributed by atoms with Crippen LogP contribution in [-0.2, 0) is 0 Å². The molecule has 90 valence electrons. The molecular formula is C14H12N2O2. The number of H-pyrrole nitrogens is 1. The van der Waals surface area contributed by atoms with E-state index < -0.39 is 0 Å². The lowest BCUT2D eigenvalue weighted by Crippen LogP contribution is -1.87. The van der Waals surface area contributed by atoms with Crippen molar-refractivity contribution in [1.29, 1.82) is 0 Å². The van der Waals surface area contributed by atoms with Gasteiger partial charge in [0.05, 0.1) is 25.3 Å². The zero-order chi connectivity index (χ0) is 12.4. The van der Waals surface area contributed by atoms with E-state index in [1.807, 2.05) is 36.4 Å². The number of imidazole rings is 1. The van der Waals surface area contributed by atoms with Crippen molar-refractivity contribution in [3.05, 3.63) is 48.9 Å². The van der Waals surface area contributed by atoms with E-state index in [4.69, 9.17) is 9.15 Å². The van der Waals surface area contributed by atoms with Crippen LogP contribution in [0.1, 0.15) is 0 Å². The summed E-state index contributed by atoms with van der Waals surface area (Å²) in [4.78, 5) is 7.53. The van der Waals surface area contributed by atoms with Gasteiger partial charge in [0.15, 0.2) is 11.6 Å². The lowest BCUT2D eigenvalue weighted by atomic mass is 10.1. The zero-order valence-corrected chi connectivity index (χ0v) is 9.88. The van der Waals surface area contributed by atoms with Crippen LogP contribution in [0, 0.1) is 0 Å². The second-order valence-electron chi connectivity index (χ2n) is 3.82. The Morgan fingerprint density at radius 1 is 1.17 bits per heavy atom. The van der Waals surface area contributed by atoms with Crippen LogP contribution in [0.2, 0.25) is 0 Å². The lowest BCUT2D eigenvalue weighted by Gasteiger charge is -2.05. The van der Waals surface area contributed by atoms with Crippen LogP contribution in [0.3, 0.4) is 0 Å². The van der Waals surface area contributed by atoms with Crippen LogP contribution in [0.5, 0.6) is 5.75 Å². The minimum Gasteiger partial charge on any atom is -0.496 e. The lowest BCUT2D eigenvalue weighted by molar-refractivity contribution is 0.416. The molecular weight excluding hydrogens is 228 g/mol. The smallest absolute Gasteiger partial charge is 0.173 e. The van der Waals surface area contributed by atoms with E-state index in [0.29, 0.717) is 5.82 Å². The number of rotatable bonds is 3. The van der Waals surface area contributed by atoms with Crippen molar-refractivity contribution in [2.45, 2.75) is 0 Å². The highest BCUT2D eigenvalue weighted by molar-refractivity contribution is 5.68. The Hall–Kier alpha value is -2.49. The number of aromatic nitrogens is 2. The molecule has 0 unspecified atom stereocenters. The summed E-state index contributed by atoms with van der Waals surface area (Å²) < 4.78 is 10.6. The average molecular weight is 240 g/mol. The predicted octanol–water partition coefficient (Wildman–Crippen LogP) is 3.35. The number of benzene rings is 1. The highest BCUT2D eigenvalue weighted by Crippen LogP contribution is 2.29. The molecule has 0 aliphatic rings. The summed E-state index contributed by atoms with van der Waals surface area (Å²) in [6, 6.07) is 11.5. The number of ether oxygens (including phenoxy) is 1. The molecule has 0 aliphatic carbocycles. The molecule has 1 N–H and O–H groups in total. The summed E-state index contributed by atoms with van der Waals surface area (Å²) in [5.74, 6) is 2.24. The first-order valence-electron chi connectivity index (χ1n) is 5.61. The molecule has 0 saturated carbocycles. The van der Waals surface area contributed by atoms with Crippen LogP contribution in [-0.4, -0.2) is 17.1 Å². The third kappa shape index (κ3) is 1.78. The molecule has 2 heterocycles. The first-order chi connectivity index (χ1) is 8.88. The van der Waals surface area contributed by atoms with Gasteiger partial charge in [0.25, 0.3) is 0 Å². The monoisotopic (exact) mass is 240 g/mol. The molecule has 0 amide bonds. The van der Waals surface area contributed by atoms with Gasteiger partial charge in [-0.15, -0.1) is 0 Å². The summed E-state index contributed by atoms with van der Waals surface area (Å²) in [7, 11) is 1.66. The highest BCUT2D eigenvalue weighted by Gasteiger charge is 2.10. The molecule has 0 aliphatic heterocycles. The van der Waals surface area contributed by atoms with Crippen molar-refractivity contribution in [3.8, 4) is 28.6 Å². The fraction of sp³-hybridized carbons (Fsp3) is 0.0714. The quantitative estimate of drug-likeness (QED) is 0.763. The molecule has 18 heavy (non-hydrogen) atoms. The fourth-order valence-electron chi connectivity index (χ4n) is 1.86. The molecule has 3 aromatic rings. The van der Waals surface area contributed by atoms with E-state index in [-0.39, 0.29) is 0 Å².